The number of hydrogen-bond acceptors (Lipinski definition) is 0. The van der Waals surface area contributed by atoms with E-state index in [4.69, 9.17) is 0 Å². The van der Waals surface area contributed by atoms with Gasteiger partial charge in [0.05, 0.1) is 5.57 Å². The van der Waals surface area contributed by atoms with Crippen LogP contribution in [0.2, 0.25) is 0 Å². The lowest BCUT2D eigenvalue weighted by Crippen LogP contribution is -1.75. The molecule has 0 N–H and O–H groups in total. The van der Waals surface area contributed by atoms with Gasteiger partial charge in [0.1, 0.15) is 5.57 Å². The van der Waals surface area contributed by atoms with E-state index in [2.05, 4.69) is 20.1 Å². The van der Waals surface area contributed by atoms with Crippen LogP contribution in [-0.2, 0) is 0 Å². The molecule has 0 spiro atoms. The molecule has 0 bridgehead atoms. The SMILES string of the molecule is C=C([CH2+])C(=C)CC. The minimum absolute atomic E-state index is 0.850. The van der Waals surface area contributed by atoms with Crippen molar-refractivity contribution in [3.63, 3.8) is 0 Å². The second-order valence-electron chi connectivity index (χ2n) is 1.56. The summed E-state index contributed by atoms with van der Waals surface area (Å²) in [6.07, 6.45) is 0.961. The molecular formula is C7H11+. The zero-order chi connectivity index (χ0) is 5.86. The van der Waals surface area contributed by atoms with Crippen LogP contribution in [0.5, 0.6) is 0 Å². The Hall–Kier alpha value is -0.650. The van der Waals surface area contributed by atoms with Crippen LogP contribution in [0.3, 0.4) is 0 Å². The third kappa shape index (κ3) is 2.10. The third-order valence-corrected chi connectivity index (χ3v) is 0.927. The second kappa shape index (κ2) is 2.51. The van der Waals surface area contributed by atoms with Gasteiger partial charge in [-0.2, -0.15) is 0 Å². The monoisotopic (exact) mass is 95.1 g/mol. The van der Waals surface area contributed by atoms with Gasteiger partial charge in [-0.25, -0.2) is 0 Å². The highest BCUT2D eigenvalue weighted by Crippen LogP contribution is 2.05. The molecule has 0 unspecified atom stereocenters. The fourth-order valence-electron chi connectivity index (χ4n) is 0.250. The van der Waals surface area contributed by atoms with Crippen molar-refractivity contribution in [1.29, 1.82) is 0 Å². The molecule has 0 rings (SSSR count). The molecule has 0 atom stereocenters. The Morgan fingerprint density at radius 1 is 1.57 bits per heavy atom. The molecule has 38 valence electrons. The molecule has 0 nitrogen and oxygen atoms in total. The lowest BCUT2D eigenvalue weighted by atomic mass is 10.1. The van der Waals surface area contributed by atoms with Crippen LogP contribution in [0.25, 0.3) is 0 Å². The van der Waals surface area contributed by atoms with E-state index in [1.54, 1.807) is 0 Å². The van der Waals surface area contributed by atoms with E-state index in [1.165, 1.54) is 0 Å². The summed E-state index contributed by atoms with van der Waals surface area (Å²) in [7, 11) is 0. The first-order valence-corrected chi connectivity index (χ1v) is 2.37. The second-order valence-corrected chi connectivity index (χ2v) is 1.56. The van der Waals surface area contributed by atoms with Crippen molar-refractivity contribution in [3.05, 3.63) is 31.2 Å². The summed E-state index contributed by atoms with van der Waals surface area (Å²) >= 11 is 0. The molecule has 0 aromatic rings. The van der Waals surface area contributed by atoms with Gasteiger partial charge in [-0.1, -0.05) is 0 Å². The lowest BCUT2D eigenvalue weighted by molar-refractivity contribution is 1.14. The van der Waals surface area contributed by atoms with Crippen LogP contribution in [0.15, 0.2) is 24.3 Å². The summed E-state index contributed by atoms with van der Waals surface area (Å²) < 4.78 is 0. The number of rotatable bonds is 2. The highest BCUT2D eigenvalue weighted by molar-refractivity contribution is 5.26. The molecule has 0 amide bonds. The van der Waals surface area contributed by atoms with Crippen molar-refractivity contribution in [2.24, 2.45) is 0 Å². The van der Waals surface area contributed by atoms with Crippen molar-refractivity contribution in [2.75, 3.05) is 0 Å². The Bertz CT molecular complexity index is 88.2. The molecule has 7 heavy (non-hydrogen) atoms. The van der Waals surface area contributed by atoms with Gasteiger partial charge in [0.2, 0.25) is 0 Å². The van der Waals surface area contributed by atoms with Crippen LogP contribution in [0.1, 0.15) is 13.3 Å². The molecule has 0 aliphatic carbocycles. The van der Waals surface area contributed by atoms with E-state index >= 15 is 0 Å². The first-order valence-electron chi connectivity index (χ1n) is 2.37. The maximum Gasteiger partial charge on any atom is 0.121 e. The fourth-order valence-corrected chi connectivity index (χ4v) is 0.250. The van der Waals surface area contributed by atoms with Crippen molar-refractivity contribution >= 4 is 0 Å². The molecule has 0 aliphatic rings. The lowest BCUT2D eigenvalue weighted by Gasteiger charge is -1.85. The standard InChI is InChI=1S/C7H11/c1-5-7(4)6(2)3/h2-5H2,1H3/q+1. The van der Waals surface area contributed by atoms with Crippen LogP contribution < -0.4 is 0 Å². The molecular weight excluding hydrogens is 84.1 g/mol. The molecule has 0 fully saturated rings. The van der Waals surface area contributed by atoms with Crippen LogP contribution in [0.4, 0.5) is 0 Å². The van der Waals surface area contributed by atoms with E-state index in [0.717, 1.165) is 17.6 Å². The molecule has 0 aromatic carbocycles. The normalized spacial score (nSPS) is 8.14. The van der Waals surface area contributed by atoms with Gasteiger partial charge >= 0.3 is 0 Å². The average molecular weight is 95.2 g/mol. The zero-order valence-electron chi connectivity index (χ0n) is 4.83. The quantitative estimate of drug-likeness (QED) is 0.365. The largest absolute Gasteiger partial charge is 0.121 e. The smallest absolute Gasteiger partial charge is 0.0495 e. The van der Waals surface area contributed by atoms with Crippen molar-refractivity contribution in [1.82, 2.24) is 0 Å². The molecule has 0 radical (unpaired) electrons. The Morgan fingerprint density at radius 3 is 2.00 bits per heavy atom. The minimum atomic E-state index is 0.850. The van der Waals surface area contributed by atoms with Gasteiger partial charge in [-0.05, 0) is 13.5 Å². The predicted octanol–water partition coefficient (Wildman–Crippen LogP) is 2.34. The summed E-state index contributed by atoms with van der Waals surface area (Å²) in [5.41, 5.74) is 1.89. The highest BCUT2D eigenvalue weighted by atomic mass is 13.9. The summed E-state index contributed by atoms with van der Waals surface area (Å²) in [5.74, 6) is 0. The maximum atomic E-state index is 3.71. The van der Waals surface area contributed by atoms with E-state index < -0.39 is 0 Å². The van der Waals surface area contributed by atoms with Gasteiger partial charge in [-0.3, -0.25) is 0 Å². The van der Waals surface area contributed by atoms with Gasteiger partial charge < -0.3 is 0 Å². The first-order chi connectivity index (χ1) is 3.18. The Kier molecular flexibility index (Phi) is 2.28. The van der Waals surface area contributed by atoms with E-state index in [-0.39, 0.29) is 0 Å². The summed E-state index contributed by atoms with van der Waals surface area (Å²) in [6, 6.07) is 0. The molecule has 0 heteroatoms. The Balaban J connectivity index is 3.58. The van der Waals surface area contributed by atoms with Crippen molar-refractivity contribution in [3.8, 4) is 0 Å². The summed E-state index contributed by atoms with van der Waals surface area (Å²) in [6.45, 7) is 13.0. The third-order valence-electron chi connectivity index (χ3n) is 0.927. The fraction of sp³-hybridized carbons (Fsp3) is 0.286. The van der Waals surface area contributed by atoms with Gasteiger partial charge in [0.25, 0.3) is 0 Å². The highest BCUT2D eigenvalue weighted by Gasteiger charge is 1.95. The van der Waals surface area contributed by atoms with Crippen LogP contribution in [-0.4, -0.2) is 0 Å². The van der Waals surface area contributed by atoms with Gasteiger partial charge in [-0.15, -0.1) is 0 Å². The number of allylic oxidation sites excluding steroid dienone is 2. The molecule has 0 saturated heterocycles. The van der Waals surface area contributed by atoms with Crippen LogP contribution >= 0.6 is 0 Å². The molecule has 0 aliphatic heterocycles. The molecule has 0 heterocycles. The summed E-state index contributed by atoms with van der Waals surface area (Å²) in [4.78, 5) is 0. The Labute approximate surface area is 45.5 Å². The van der Waals surface area contributed by atoms with Crippen LogP contribution in [0, 0.1) is 6.92 Å². The molecule has 0 aromatic heterocycles. The van der Waals surface area contributed by atoms with Crippen molar-refractivity contribution < 1.29 is 0 Å². The van der Waals surface area contributed by atoms with E-state index in [1.807, 2.05) is 6.92 Å². The summed E-state index contributed by atoms with van der Waals surface area (Å²) in [5, 5.41) is 0. The molecule has 0 saturated carbocycles. The average Bonchev–Trinajstić information content (AvgIpc) is 1.65. The maximum absolute atomic E-state index is 3.71. The Morgan fingerprint density at radius 2 is 2.00 bits per heavy atom. The predicted molar refractivity (Wildman–Crippen MR) is 33.9 cm³/mol. The van der Waals surface area contributed by atoms with Crippen molar-refractivity contribution in [2.45, 2.75) is 13.3 Å². The number of hydrogen-bond donors (Lipinski definition) is 0. The topological polar surface area (TPSA) is 0 Å². The van der Waals surface area contributed by atoms with Gasteiger partial charge in [0, 0.05) is 19.9 Å². The first kappa shape index (κ1) is 6.35. The minimum Gasteiger partial charge on any atom is -0.0495 e. The zero-order valence-corrected chi connectivity index (χ0v) is 4.83. The van der Waals surface area contributed by atoms with Gasteiger partial charge in [0.15, 0.2) is 0 Å². The van der Waals surface area contributed by atoms with E-state index in [0.29, 0.717) is 0 Å². The van der Waals surface area contributed by atoms with E-state index in [9.17, 15) is 0 Å².